The molecule has 2 fully saturated rings. The smallest absolute Gasteiger partial charge is 0.263 e. The molecule has 1 atom stereocenters. The van der Waals surface area contributed by atoms with Crippen molar-refractivity contribution < 1.29 is 9.53 Å². The van der Waals surface area contributed by atoms with Crippen LogP contribution in [0.3, 0.4) is 0 Å². The van der Waals surface area contributed by atoms with Gasteiger partial charge in [0.05, 0.1) is 0 Å². The van der Waals surface area contributed by atoms with E-state index in [1.807, 2.05) is 55.3 Å². The Hall–Kier alpha value is -2.60. The Bertz CT molecular complexity index is 970. The fourth-order valence-corrected chi connectivity index (χ4v) is 4.64. The number of nitrogens with zero attached hydrogens (tertiary/aromatic N) is 2. The second kappa shape index (κ2) is 9.69. The summed E-state index contributed by atoms with van der Waals surface area (Å²) in [6.45, 7) is 7.76. The molecule has 6 nitrogen and oxygen atoms in total. The molecule has 0 bridgehead atoms. The standard InChI is InChI=1S/C25H33N3O3/c1-18-5-3-7-22(15-18)31-21-9-13-27(14-10-21)24(29)23-19(2)8-12-28(25(23)30)17-20-6-4-11-26-16-20/h3,5,7-8,12,15,20-21,26H,4,6,9-11,13-14,16-17H2,1-2H3. The molecular weight excluding hydrogens is 390 g/mol. The van der Waals surface area contributed by atoms with Gasteiger partial charge in [-0.3, -0.25) is 9.59 Å². The topological polar surface area (TPSA) is 63.6 Å². The lowest BCUT2D eigenvalue weighted by molar-refractivity contribution is 0.0592. The third-order valence-corrected chi connectivity index (χ3v) is 6.46. The predicted molar refractivity (Wildman–Crippen MR) is 122 cm³/mol. The largest absolute Gasteiger partial charge is 0.490 e. The van der Waals surface area contributed by atoms with Crippen molar-refractivity contribution in [1.82, 2.24) is 14.8 Å². The van der Waals surface area contributed by atoms with Gasteiger partial charge >= 0.3 is 0 Å². The summed E-state index contributed by atoms with van der Waals surface area (Å²) in [7, 11) is 0. The Balaban J connectivity index is 1.41. The number of carbonyl (C=O) groups excluding carboxylic acids is 1. The molecule has 4 rings (SSSR count). The van der Waals surface area contributed by atoms with E-state index in [0.29, 0.717) is 31.1 Å². The third-order valence-electron chi connectivity index (χ3n) is 6.46. The molecule has 31 heavy (non-hydrogen) atoms. The molecule has 0 saturated carbocycles. The van der Waals surface area contributed by atoms with E-state index >= 15 is 0 Å². The van der Waals surface area contributed by atoms with E-state index in [1.54, 1.807) is 4.57 Å². The van der Waals surface area contributed by atoms with Gasteiger partial charge in [-0.25, -0.2) is 0 Å². The number of nitrogens with one attached hydrogen (secondary N) is 1. The fraction of sp³-hybridized carbons (Fsp3) is 0.520. The Morgan fingerprint density at radius 3 is 2.68 bits per heavy atom. The van der Waals surface area contributed by atoms with Crippen LogP contribution in [-0.2, 0) is 6.54 Å². The summed E-state index contributed by atoms with van der Waals surface area (Å²) >= 11 is 0. The number of hydrogen-bond acceptors (Lipinski definition) is 4. The summed E-state index contributed by atoms with van der Waals surface area (Å²) < 4.78 is 7.84. The quantitative estimate of drug-likeness (QED) is 0.803. The van der Waals surface area contributed by atoms with Crippen molar-refractivity contribution in [2.45, 2.75) is 52.2 Å². The maximum atomic E-state index is 13.3. The number of likely N-dealkylation sites (tertiary alicyclic amines) is 1. The number of piperidine rings is 2. The highest BCUT2D eigenvalue weighted by Crippen LogP contribution is 2.21. The molecule has 6 heteroatoms. The first-order chi connectivity index (χ1) is 15.0. The molecule has 3 heterocycles. The van der Waals surface area contributed by atoms with Crippen LogP contribution in [0, 0.1) is 19.8 Å². The second-order valence-corrected chi connectivity index (χ2v) is 8.97. The fourth-order valence-electron chi connectivity index (χ4n) is 4.64. The van der Waals surface area contributed by atoms with Crippen molar-refractivity contribution in [3.8, 4) is 5.75 Å². The first-order valence-corrected chi connectivity index (χ1v) is 11.4. The minimum Gasteiger partial charge on any atom is -0.490 e. The number of pyridine rings is 1. The molecular formula is C25H33N3O3. The highest BCUT2D eigenvalue weighted by molar-refractivity contribution is 5.95. The van der Waals surface area contributed by atoms with Crippen LogP contribution >= 0.6 is 0 Å². The zero-order valence-electron chi connectivity index (χ0n) is 18.6. The minimum atomic E-state index is -0.159. The van der Waals surface area contributed by atoms with E-state index in [4.69, 9.17) is 4.74 Å². The van der Waals surface area contributed by atoms with Gasteiger partial charge in [-0.2, -0.15) is 0 Å². The van der Waals surface area contributed by atoms with Crippen molar-refractivity contribution in [3.63, 3.8) is 0 Å². The van der Waals surface area contributed by atoms with Crippen LogP contribution in [-0.4, -0.2) is 47.7 Å². The van der Waals surface area contributed by atoms with Gasteiger partial charge in [-0.05, 0) is 75.0 Å². The summed E-state index contributed by atoms with van der Waals surface area (Å²) in [5, 5.41) is 3.40. The zero-order chi connectivity index (χ0) is 21.8. The number of aryl methyl sites for hydroxylation is 2. The average Bonchev–Trinajstić information content (AvgIpc) is 2.77. The monoisotopic (exact) mass is 423 g/mol. The number of hydrogen-bond donors (Lipinski definition) is 1. The first kappa shape index (κ1) is 21.6. The highest BCUT2D eigenvalue weighted by Gasteiger charge is 2.28. The van der Waals surface area contributed by atoms with Crippen LogP contribution in [0.5, 0.6) is 5.75 Å². The molecule has 1 aromatic carbocycles. The number of benzene rings is 1. The molecule has 1 unspecified atom stereocenters. The normalized spacial score (nSPS) is 19.9. The maximum absolute atomic E-state index is 13.3. The van der Waals surface area contributed by atoms with Crippen LogP contribution in [0.1, 0.15) is 47.2 Å². The van der Waals surface area contributed by atoms with Gasteiger partial charge < -0.3 is 19.5 Å². The van der Waals surface area contributed by atoms with Crippen LogP contribution < -0.4 is 15.6 Å². The van der Waals surface area contributed by atoms with Crippen molar-refractivity contribution in [3.05, 3.63) is 63.6 Å². The number of carbonyl (C=O) groups is 1. The molecule has 166 valence electrons. The molecule has 0 radical (unpaired) electrons. The minimum absolute atomic E-state index is 0.0955. The van der Waals surface area contributed by atoms with Gasteiger partial charge in [0.15, 0.2) is 0 Å². The zero-order valence-corrected chi connectivity index (χ0v) is 18.6. The van der Waals surface area contributed by atoms with Crippen LogP contribution in [0.2, 0.25) is 0 Å². The van der Waals surface area contributed by atoms with Crippen molar-refractivity contribution in [2.24, 2.45) is 5.92 Å². The third kappa shape index (κ3) is 5.18. The highest BCUT2D eigenvalue weighted by atomic mass is 16.5. The lowest BCUT2D eigenvalue weighted by Gasteiger charge is -2.32. The van der Waals surface area contributed by atoms with Crippen molar-refractivity contribution >= 4 is 5.91 Å². The van der Waals surface area contributed by atoms with Crippen LogP contribution in [0.15, 0.2) is 41.3 Å². The van der Waals surface area contributed by atoms with Crippen LogP contribution in [0.4, 0.5) is 0 Å². The number of rotatable bonds is 5. The molecule has 0 aliphatic carbocycles. The molecule has 2 aliphatic heterocycles. The maximum Gasteiger partial charge on any atom is 0.263 e. The molecule has 2 aliphatic rings. The van der Waals surface area contributed by atoms with E-state index in [1.165, 1.54) is 5.56 Å². The number of amides is 1. The predicted octanol–water partition coefficient (Wildman–Crippen LogP) is 3.15. The number of ether oxygens (including phenoxy) is 1. The molecule has 0 spiro atoms. The van der Waals surface area contributed by atoms with Gasteiger partial charge in [0.25, 0.3) is 11.5 Å². The van der Waals surface area contributed by atoms with E-state index < -0.39 is 0 Å². The Labute approximate surface area is 184 Å². The number of aromatic nitrogens is 1. The lowest BCUT2D eigenvalue weighted by Crippen LogP contribution is -2.44. The molecule has 2 saturated heterocycles. The van der Waals surface area contributed by atoms with Crippen molar-refractivity contribution in [1.29, 1.82) is 0 Å². The van der Waals surface area contributed by atoms with Gasteiger partial charge in [-0.15, -0.1) is 0 Å². The summed E-state index contributed by atoms with van der Waals surface area (Å²) in [5.74, 6) is 1.17. The molecule has 1 aromatic heterocycles. The average molecular weight is 424 g/mol. The second-order valence-electron chi connectivity index (χ2n) is 8.97. The van der Waals surface area contributed by atoms with Gasteiger partial charge in [0.1, 0.15) is 17.4 Å². The SMILES string of the molecule is Cc1cccc(OC2CCN(C(=O)c3c(C)ccn(CC4CCCNC4)c3=O)CC2)c1. The Kier molecular flexibility index (Phi) is 6.76. The van der Waals surface area contributed by atoms with E-state index in [2.05, 4.69) is 5.32 Å². The van der Waals surface area contributed by atoms with Gasteiger partial charge in [0.2, 0.25) is 0 Å². The molecule has 1 amide bonds. The lowest BCUT2D eigenvalue weighted by atomic mass is 9.99. The summed E-state index contributed by atoms with van der Waals surface area (Å²) in [6, 6.07) is 9.96. The van der Waals surface area contributed by atoms with Crippen molar-refractivity contribution in [2.75, 3.05) is 26.2 Å². The van der Waals surface area contributed by atoms with E-state index in [0.717, 1.165) is 50.1 Å². The summed E-state index contributed by atoms with van der Waals surface area (Å²) in [4.78, 5) is 28.2. The Morgan fingerprint density at radius 2 is 1.97 bits per heavy atom. The van der Waals surface area contributed by atoms with E-state index in [9.17, 15) is 9.59 Å². The van der Waals surface area contributed by atoms with E-state index in [-0.39, 0.29) is 17.6 Å². The summed E-state index contributed by atoms with van der Waals surface area (Å²) in [6.07, 6.45) is 5.73. The van der Waals surface area contributed by atoms with Crippen LogP contribution in [0.25, 0.3) is 0 Å². The van der Waals surface area contributed by atoms with Gasteiger partial charge in [-0.1, -0.05) is 12.1 Å². The molecule has 2 aromatic rings. The Morgan fingerprint density at radius 1 is 1.16 bits per heavy atom. The summed E-state index contributed by atoms with van der Waals surface area (Å²) in [5.41, 5.74) is 2.09. The first-order valence-electron chi connectivity index (χ1n) is 11.4. The van der Waals surface area contributed by atoms with Gasteiger partial charge in [0, 0.05) is 38.7 Å². The molecule has 1 N–H and O–H groups in total.